The van der Waals surface area contributed by atoms with Crippen molar-refractivity contribution in [2.24, 2.45) is 0 Å². The number of benzene rings is 3. The van der Waals surface area contributed by atoms with E-state index in [-0.39, 0.29) is 17.1 Å². The normalized spacial score (nSPS) is 10.5. The van der Waals surface area contributed by atoms with E-state index in [1.165, 1.54) is 7.11 Å². The molecule has 26 heavy (non-hydrogen) atoms. The molecule has 0 aliphatic rings. The number of carbonyl (C=O) groups is 2. The van der Waals surface area contributed by atoms with Gasteiger partial charge in [0.2, 0.25) is 0 Å². The summed E-state index contributed by atoms with van der Waals surface area (Å²) in [7, 11) is 1.52. The largest absolute Gasteiger partial charge is 0.507 e. The van der Waals surface area contributed by atoms with E-state index in [2.05, 4.69) is 0 Å². The Kier molecular flexibility index (Phi) is 4.75. The maximum Gasteiger partial charge on any atom is 0.342 e. The molecule has 0 aliphatic carbocycles. The van der Waals surface area contributed by atoms with Gasteiger partial charge in [-0.05, 0) is 30.3 Å². The average Bonchev–Trinajstić information content (AvgIpc) is 2.68. The number of fused-ring (bicyclic) bond motifs is 1. The van der Waals surface area contributed by atoms with Crippen LogP contribution in [0, 0.1) is 0 Å². The molecule has 0 fully saturated rings. The lowest BCUT2D eigenvalue weighted by molar-refractivity contribution is 0.0471. The molecule has 0 aromatic heterocycles. The number of hydrogen-bond acceptors (Lipinski definition) is 6. The van der Waals surface area contributed by atoms with Crippen molar-refractivity contribution in [3.63, 3.8) is 0 Å². The molecule has 0 radical (unpaired) electrons. The van der Waals surface area contributed by atoms with Crippen LogP contribution in [-0.2, 0) is 4.74 Å². The van der Waals surface area contributed by atoms with E-state index in [1.807, 2.05) is 0 Å². The Morgan fingerprint density at radius 3 is 2.27 bits per heavy atom. The monoisotopic (exact) mass is 352 g/mol. The standard InChI is InChI=1S/C20H16O6/c1-25-13-8-6-12(7-9-13)18(22)11-26-20(24)16-10-17(21)14-4-2-3-5-15(14)19(16)23/h2-10,21,23H,11H2,1H3. The summed E-state index contributed by atoms with van der Waals surface area (Å²) in [6, 6.07) is 14.1. The average molecular weight is 352 g/mol. The lowest BCUT2D eigenvalue weighted by Gasteiger charge is -2.10. The number of hydrogen-bond donors (Lipinski definition) is 2. The summed E-state index contributed by atoms with van der Waals surface area (Å²) in [5.41, 5.74) is 0.160. The van der Waals surface area contributed by atoms with E-state index in [9.17, 15) is 19.8 Å². The molecule has 3 rings (SSSR count). The Bertz CT molecular complexity index is 976. The van der Waals surface area contributed by atoms with Crippen LogP contribution in [0.2, 0.25) is 0 Å². The van der Waals surface area contributed by atoms with Crippen LogP contribution in [-0.4, -0.2) is 35.7 Å². The van der Waals surface area contributed by atoms with E-state index < -0.39 is 18.4 Å². The minimum Gasteiger partial charge on any atom is -0.507 e. The van der Waals surface area contributed by atoms with Gasteiger partial charge in [0, 0.05) is 16.3 Å². The number of esters is 1. The Balaban J connectivity index is 1.76. The van der Waals surface area contributed by atoms with Crippen LogP contribution in [0.4, 0.5) is 0 Å². The maximum absolute atomic E-state index is 12.2. The fourth-order valence-electron chi connectivity index (χ4n) is 2.57. The van der Waals surface area contributed by atoms with Gasteiger partial charge in [0.25, 0.3) is 0 Å². The summed E-state index contributed by atoms with van der Waals surface area (Å²) in [5, 5.41) is 21.0. The molecule has 0 bridgehead atoms. The van der Waals surface area contributed by atoms with Crippen molar-refractivity contribution in [2.45, 2.75) is 0 Å². The number of phenols is 2. The quantitative estimate of drug-likeness (QED) is 0.416. The van der Waals surface area contributed by atoms with Crippen LogP contribution in [0.25, 0.3) is 10.8 Å². The molecule has 0 saturated heterocycles. The molecule has 2 N–H and O–H groups in total. The highest BCUT2D eigenvalue weighted by Gasteiger charge is 2.19. The maximum atomic E-state index is 12.2. The zero-order valence-electron chi connectivity index (χ0n) is 13.9. The number of carbonyl (C=O) groups excluding carboxylic acids is 2. The number of ether oxygens (including phenoxy) is 2. The molecule has 0 aliphatic heterocycles. The molecule has 0 unspecified atom stereocenters. The highest BCUT2D eigenvalue weighted by molar-refractivity contribution is 6.05. The van der Waals surface area contributed by atoms with E-state index in [0.717, 1.165) is 6.07 Å². The van der Waals surface area contributed by atoms with Gasteiger partial charge in [-0.1, -0.05) is 24.3 Å². The Labute approximate surface area is 149 Å². The molecule has 6 heteroatoms. The Morgan fingerprint density at radius 2 is 1.62 bits per heavy atom. The molecule has 3 aromatic rings. The van der Waals surface area contributed by atoms with E-state index in [4.69, 9.17) is 9.47 Å². The first-order valence-electron chi connectivity index (χ1n) is 7.79. The molecule has 0 heterocycles. The first-order valence-corrected chi connectivity index (χ1v) is 7.79. The van der Waals surface area contributed by atoms with Gasteiger partial charge >= 0.3 is 5.97 Å². The predicted molar refractivity (Wildman–Crippen MR) is 94.9 cm³/mol. The van der Waals surface area contributed by atoms with Gasteiger partial charge in [-0.2, -0.15) is 0 Å². The highest BCUT2D eigenvalue weighted by atomic mass is 16.5. The molecule has 0 amide bonds. The molecule has 0 spiro atoms. The van der Waals surface area contributed by atoms with Crippen molar-refractivity contribution in [2.75, 3.05) is 13.7 Å². The third kappa shape index (κ3) is 3.30. The molecule has 0 saturated carbocycles. The van der Waals surface area contributed by atoms with Crippen LogP contribution in [0.5, 0.6) is 17.2 Å². The lowest BCUT2D eigenvalue weighted by Crippen LogP contribution is -2.14. The van der Waals surface area contributed by atoms with E-state index in [0.29, 0.717) is 22.1 Å². The molecule has 6 nitrogen and oxygen atoms in total. The number of methoxy groups -OCH3 is 1. The van der Waals surface area contributed by atoms with Crippen molar-refractivity contribution >= 4 is 22.5 Å². The summed E-state index contributed by atoms with van der Waals surface area (Å²) in [5.74, 6) is -1.15. The zero-order chi connectivity index (χ0) is 18.7. The summed E-state index contributed by atoms with van der Waals surface area (Å²) in [6.07, 6.45) is 0. The van der Waals surface area contributed by atoms with Crippen molar-refractivity contribution in [3.05, 3.63) is 65.7 Å². The lowest BCUT2D eigenvalue weighted by atomic mass is 10.0. The van der Waals surface area contributed by atoms with Crippen molar-refractivity contribution in [3.8, 4) is 17.2 Å². The topological polar surface area (TPSA) is 93.1 Å². The summed E-state index contributed by atoms with van der Waals surface area (Å²) in [4.78, 5) is 24.3. The zero-order valence-corrected chi connectivity index (χ0v) is 13.9. The number of aromatic hydroxyl groups is 2. The van der Waals surface area contributed by atoms with Crippen LogP contribution in [0.3, 0.4) is 0 Å². The fraction of sp³-hybridized carbons (Fsp3) is 0.100. The molecular formula is C20H16O6. The first-order chi connectivity index (χ1) is 12.5. The van der Waals surface area contributed by atoms with Crippen LogP contribution in [0.15, 0.2) is 54.6 Å². The van der Waals surface area contributed by atoms with E-state index >= 15 is 0 Å². The SMILES string of the molecule is COc1ccc(C(=O)COC(=O)c2cc(O)c3ccccc3c2O)cc1. The van der Waals surface area contributed by atoms with Crippen LogP contribution >= 0.6 is 0 Å². The summed E-state index contributed by atoms with van der Waals surface area (Å²) in [6.45, 7) is -0.488. The summed E-state index contributed by atoms with van der Waals surface area (Å²) >= 11 is 0. The smallest absolute Gasteiger partial charge is 0.342 e. The Morgan fingerprint density at radius 1 is 0.962 bits per heavy atom. The molecule has 132 valence electrons. The number of rotatable bonds is 5. The summed E-state index contributed by atoms with van der Waals surface area (Å²) < 4.78 is 10.0. The Hall–Kier alpha value is -3.54. The number of Topliss-reactive ketones (excluding diaryl/α,β-unsaturated/α-hetero) is 1. The van der Waals surface area contributed by atoms with Gasteiger partial charge in [0.1, 0.15) is 22.8 Å². The van der Waals surface area contributed by atoms with Crippen LogP contribution in [0.1, 0.15) is 20.7 Å². The number of phenolic OH excluding ortho intramolecular Hbond substituents is 2. The minimum atomic E-state index is -0.898. The van der Waals surface area contributed by atoms with Gasteiger partial charge in [-0.3, -0.25) is 4.79 Å². The first kappa shape index (κ1) is 17.3. The molecule has 0 atom stereocenters. The van der Waals surface area contributed by atoms with Gasteiger partial charge in [0.05, 0.1) is 7.11 Å². The van der Waals surface area contributed by atoms with Gasteiger partial charge in [-0.25, -0.2) is 4.79 Å². The third-order valence-electron chi connectivity index (χ3n) is 3.96. The minimum absolute atomic E-state index is 0.160. The molecular weight excluding hydrogens is 336 g/mol. The second kappa shape index (κ2) is 7.14. The molecule has 3 aromatic carbocycles. The third-order valence-corrected chi connectivity index (χ3v) is 3.96. The van der Waals surface area contributed by atoms with Crippen LogP contribution < -0.4 is 4.74 Å². The van der Waals surface area contributed by atoms with E-state index in [1.54, 1.807) is 48.5 Å². The predicted octanol–water partition coefficient (Wildman–Crippen LogP) is 3.30. The van der Waals surface area contributed by atoms with Crippen molar-refractivity contribution in [1.29, 1.82) is 0 Å². The van der Waals surface area contributed by atoms with Crippen molar-refractivity contribution < 1.29 is 29.3 Å². The van der Waals surface area contributed by atoms with Gasteiger partial charge in [-0.15, -0.1) is 0 Å². The van der Waals surface area contributed by atoms with Crippen molar-refractivity contribution in [1.82, 2.24) is 0 Å². The fourth-order valence-corrected chi connectivity index (χ4v) is 2.57. The van der Waals surface area contributed by atoms with Gasteiger partial charge in [0.15, 0.2) is 12.4 Å². The second-order valence-electron chi connectivity index (χ2n) is 5.57. The number of ketones is 1. The van der Waals surface area contributed by atoms with Gasteiger partial charge < -0.3 is 19.7 Å². The highest BCUT2D eigenvalue weighted by Crippen LogP contribution is 2.35. The second-order valence-corrected chi connectivity index (χ2v) is 5.57.